The molecule has 86 valence electrons. The molecular weight excluding hydrogens is 217 g/mol. The van der Waals surface area contributed by atoms with Crippen LogP contribution in [0, 0.1) is 15.9 Å². The van der Waals surface area contributed by atoms with Crippen LogP contribution in [0.1, 0.15) is 10.4 Å². The summed E-state index contributed by atoms with van der Waals surface area (Å²) in [6, 6.07) is 2.79. The number of nitro groups is 1. The standard InChI is InChI=1S/C9H10FN3O3/c1-12(2)11-9(14)7-5-6(13(15)16)3-4-8(7)10/h3-5H,1-2H3,(H,11,14). The fourth-order valence-corrected chi connectivity index (χ4v) is 1.06. The van der Waals surface area contributed by atoms with Crippen LogP contribution in [0.3, 0.4) is 0 Å². The Kier molecular flexibility index (Phi) is 3.51. The quantitative estimate of drug-likeness (QED) is 0.616. The Hall–Kier alpha value is -2.02. The Morgan fingerprint density at radius 2 is 2.12 bits per heavy atom. The van der Waals surface area contributed by atoms with Crippen molar-refractivity contribution in [1.82, 2.24) is 10.4 Å². The van der Waals surface area contributed by atoms with Gasteiger partial charge in [0, 0.05) is 26.2 Å². The molecule has 16 heavy (non-hydrogen) atoms. The van der Waals surface area contributed by atoms with Crippen molar-refractivity contribution in [3.05, 3.63) is 39.7 Å². The van der Waals surface area contributed by atoms with E-state index in [1.54, 1.807) is 14.1 Å². The molecular formula is C9H10FN3O3. The minimum atomic E-state index is -0.801. The first-order valence-electron chi connectivity index (χ1n) is 4.34. The van der Waals surface area contributed by atoms with Gasteiger partial charge >= 0.3 is 0 Å². The Balaban J connectivity index is 3.07. The van der Waals surface area contributed by atoms with Crippen molar-refractivity contribution in [2.24, 2.45) is 0 Å². The van der Waals surface area contributed by atoms with E-state index in [0.717, 1.165) is 18.2 Å². The number of non-ortho nitro benzene ring substituents is 1. The molecule has 0 radical (unpaired) electrons. The first-order chi connectivity index (χ1) is 7.41. The van der Waals surface area contributed by atoms with Gasteiger partial charge < -0.3 is 0 Å². The SMILES string of the molecule is CN(C)NC(=O)c1cc([N+](=O)[O-])ccc1F. The van der Waals surface area contributed by atoms with Crippen molar-refractivity contribution in [1.29, 1.82) is 0 Å². The summed E-state index contributed by atoms with van der Waals surface area (Å²) in [6.07, 6.45) is 0. The van der Waals surface area contributed by atoms with Crippen LogP contribution in [-0.4, -0.2) is 29.9 Å². The van der Waals surface area contributed by atoms with Gasteiger partial charge in [0.25, 0.3) is 11.6 Å². The molecule has 0 aliphatic heterocycles. The second kappa shape index (κ2) is 4.67. The second-order valence-electron chi connectivity index (χ2n) is 3.26. The lowest BCUT2D eigenvalue weighted by Crippen LogP contribution is -2.36. The molecule has 7 heteroatoms. The van der Waals surface area contributed by atoms with Gasteiger partial charge in [0.2, 0.25) is 0 Å². The highest BCUT2D eigenvalue weighted by atomic mass is 19.1. The number of carbonyl (C=O) groups excluding carboxylic acids is 1. The summed E-state index contributed by atoms with van der Waals surface area (Å²) >= 11 is 0. The average Bonchev–Trinajstić information content (AvgIpc) is 2.16. The van der Waals surface area contributed by atoms with E-state index < -0.39 is 16.6 Å². The first-order valence-corrected chi connectivity index (χ1v) is 4.34. The number of hydrogen-bond acceptors (Lipinski definition) is 4. The summed E-state index contributed by atoms with van der Waals surface area (Å²) in [5, 5.41) is 11.8. The maximum Gasteiger partial charge on any atom is 0.270 e. The highest BCUT2D eigenvalue weighted by Gasteiger charge is 2.16. The van der Waals surface area contributed by atoms with Crippen molar-refractivity contribution in [3.63, 3.8) is 0 Å². The van der Waals surface area contributed by atoms with Crippen molar-refractivity contribution < 1.29 is 14.1 Å². The zero-order valence-electron chi connectivity index (χ0n) is 8.73. The second-order valence-corrected chi connectivity index (χ2v) is 3.26. The molecule has 1 rings (SSSR count). The molecule has 0 fully saturated rings. The number of amides is 1. The lowest BCUT2D eigenvalue weighted by Gasteiger charge is -2.11. The maximum atomic E-state index is 13.2. The Bertz CT molecular complexity index is 434. The lowest BCUT2D eigenvalue weighted by molar-refractivity contribution is -0.384. The molecule has 0 saturated carbocycles. The van der Waals surface area contributed by atoms with Crippen LogP contribution in [0.5, 0.6) is 0 Å². The number of hydrogen-bond donors (Lipinski definition) is 1. The van der Waals surface area contributed by atoms with Gasteiger partial charge in [0.05, 0.1) is 10.5 Å². The van der Waals surface area contributed by atoms with E-state index in [-0.39, 0.29) is 11.3 Å². The predicted octanol–water partition coefficient (Wildman–Crippen LogP) is 0.940. The molecule has 1 amide bonds. The molecule has 0 unspecified atom stereocenters. The zero-order chi connectivity index (χ0) is 12.3. The van der Waals surface area contributed by atoms with Crippen LogP contribution in [0.2, 0.25) is 0 Å². The van der Waals surface area contributed by atoms with E-state index in [1.807, 2.05) is 0 Å². The molecule has 1 aromatic carbocycles. The zero-order valence-corrected chi connectivity index (χ0v) is 8.73. The number of nitrogens with zero attached hydrogens (tertiary/aromatic N) is 2. The van der Waals surface area contributed by atoms with Crippen LogP contribution in [-0.2, 0) is 0 Å². The van der Waals surface area contributed by atoms with E-state index in [2.05, 4.69) is 5.43 Å². The largest absolute Gasteiger partial charge is 0.285 e. The van der Waals surface area contributed by atoms with Gasteiger partial charge in [0.15, 0.2) is 0 Å². The van der Waals surface area contributed by atoms with Gasteiger partial charge in [-0.05, 0) is 6.07 Å². The van der Waals surface area contributed by atoms with E-state index in [4.69, 9.17) is 0 Å². The minimum Gasteiger partial charge on any atom is -0.285 e. The Labute approximate surface area is 90.8 Å². The number of benzene rings is 1. The van der Waals surface area contributed by atoms with E-state index in [0.29, 0.717) is 0 Å². The van der Waals surface area contributed by atoms with Gasteiger partial charge in [-0.15, -0.1) is 0 Å². The normalized spacial score (nSPS) is 10.2. The number of carbonyl (C=O) groups is 1. The smallest absolute Gasteiger partial charge is 0.270 e. The van der Waals surface area contributed by atoms with E-state index >= 15 is 0 Å². The van der Waals surface area contributed by atoms with Gasteiger partial charge in [0.1, 0.15) is 5.82 Å². The van der Waals surface area contributed by atoms with Crippen molar-refractivity contribution in [2.45, 2.75) is 0 Å². The van der Waals surface area contributed by atoms with Crippen LogP contribution < -0.4 is 5.43 Å². The fourth-order valence-electron chi connectivity index (χ4n) is 1.06. The number of nitro benzene ring substituents is 1. The minimum absolute atomic E-state index is 0.328. The van der Waals surface area contributed by atoms with Crippen molar-refractivity contribution in [3.8, 4) is 0 Å². The molecule has 0 spiro atoms. The maximum absolute atomic E-state index is 13.2. The molecule has 1 aromatic rings. The van der Waals surface area contributed by atoms with Crippen LogP contribution in [0.4, 0.5) is 10.1 Å². The molecule has 6 nitrogen and oxygen atoms in total. The van der Waals surface area contributed by atoms with E-state index in [1.165, 1.54) is 5.01 Å². The van der Waals surface area contributed by atoms with Gasteiger partial charge in [-0.3, -0.25) is 20.3 Å². The van der Waals surface area contributed by atoms with E-state index in [9.17, 15) is 19.3 Å². The molecule has 0 atom stereocenters. The topological polar surface area (TPSA) is 75.5 Å². The molecule has 1 N–H and O–H groups in total. The number of nitrogens with one attached hydrogen (secondary N) is 1. The van der Waals surface area contributed by atoms with Crippen LogP contribution in [0.15, 0.2) is 18.2 Å². The highest BCUT2D eigenvalue weighted by molar-refractivity contribution is 5.94. The lowest BCUT2D eigenvalue weighted by atomic mass is 10.2. The summed E-state index contributed by atoms with van der Waals surface area (Å²) in [5.41, 5.74) is 1.61. The van der Waals surface area contributed by atoms with Crippen LogP contribution >= 0.6 is 0 Å². The summed E-state index contributed by atoms with van der Waals surface area (Å²) in [6.45, 7) is 0. The van der Waals surface area contributed by atoms with Gasteiger partial charge in [-0.2, -0.15) is 0 Å². The average molecular weight is 227 g/mol. The van der Waals surface area contributed by atoms with Crippen LogP contribution in [0.25, 0.3) is 0 Å². The van der Waals surface area contributed by atoms with Crippen molar-refractivity contribution in [2.75, 3.05) is 14.1 Å². The summed E-state index contributed by atoms with van der Waals surface area (Å²) < 4.78 is 13.2. The summed E-state index contributed by atoms with van der Waals surface area (Å²) in [7, 11) is 3.10. The fraction of sp³-hybridized carbons (Fsp3) is 0.222. The molecule has 0 saturated heterocycles. The molecule has 0 heterocycles. The highest BCUT2D eigenvalue weighted by Crippen LogP contribution is 2.16. The Morgan fingerprint density at radius 1 is 1.50 bits per heavy atom. The number of hydrazine groups is 1. The molecule has 0 aliphatic carbocycles. The van der Waals surface area contributed by atoms with Gasteiger partial charge in [-0.25, -0.2) is 9.40 Å². The third kappa shape index (κ3) is 2.74. The monoisotopic (exact) mass is 227 g/mol. The molecule has 0 aliphatic rings. The third-order valence-electron chi connectivity index (χ3n) is 1.73. The number of rotatable bonds is 3. The molecule has 0 bridgehead atoms. The Morgan fingerprint density at radius 3 is 2.62 bits per heavy atom. The molecule has 0 aromatic heterocycles. The van der Waals surface area contributed by atoms with Crippen molar-refractivity contribution >= 4 is 11.6 Å². The third-order valence-corrected chi connectivity index (χ3v) is 1.73. The first kappa shape index (κ1) is 12.1. The van der Waals surface area contributed by atoms with Gasteiger partial charge in [-0.1, -0.05) is 0 Å². The summed E-state index contributed by atoms with van der Waals surface area (Å²) in [5.74, 6) is -1.53. The number of halogens is 1. The summed E-state index contributed by atoms with van der Waals surface area (Å²) in [4.78, 5) is 21.2. The predicted molar refractivity (Wildman–Crippen MR) is 54.2 cm³/mol.